The second kappa shape index (κ2) is 4.63. The first-order valence-corrected chi connectivity index (χ1v) is 4.41. The van der Waals surface area contributed by atoms with Gasteiger partial charge in [-0.2, -0.15) is 0 Å². The third kappa shape index (κ3) is 2.18. The number of benzene rings is 1. The molecule has 0 heterocycles. The van der Waals surface area contributed by atoms with Crippen molar-refractivity contribution in [2.45, 2.75) is 0 Å². The second-order valence-corrected chi connectivity index (χ2v) is 2.87. The number of amides is 1. The fraction of sp³-hybridized carbons (Fsp3) is 0.300. The zero-order chi connectivity index (χ0) is 11.4. The summed E-state index contributed by atoms with van der Waals surface area (Å²) < 4.78 is 18.3. The lowest BCUT2D eigenvalue weighted by Gasteiger charge is -2.10. The molecule has 1 rings (SSSR count). The highest BCUT2D eigenvalue weighted by Gasteiger charge is 2.13. The van der Waals surface area contributed by atoms with Crippen LogP contribution in [0.4, 0.5) is 10.1 Å². The van der Waals surface area contributed by atoms with Crippen molar-refractivity contribution in [2.24, 2.45) is 0 Å². The molecular formula is C10H13FN2O2. The summed E-state index contributed by atoms with van der Waals surface area (Å²) in [5.74, 6) is -0.804. The summed E-state index contributed by atoms with van der Waals surface area (Å²) in [4.78, 5) is 11.3. The zero-order valence-electron chi connectivity index (χ0n) is 8.85. The van der Waals surface area contributed by atoms with Gasteiger partial charge in [-0.15, -0.1) is 0 Å². The molecule has 1 aromatic rings. The maximum Gasteiger partial charge on any atom is 0.251 e. The molecule has 0 saturated carbocycles. The predicted molar refractivity (Wildman–Crippen MR) is 55.9 cm³/mol. The molecule has 1 amide bonds. The maximum atomic E-state index is 13.4. The van der Waals surface area contributed by atoms with E-state index in [0.717, 1.165) is 6.07 Å². The average Bonchev–Trinajstić information content (AvgIpc) is 2.26. The SMILES string of the molecule is CNC(=O)c1cc(F)c(OC)c(NC)c1. The van der Waals surface area contributed by atoms with Crippen LogP contribution in [0.5, 0.6) is 5.75 Å². The van der Waals surface area contributed by atoms with Crippen LogP contribution in [-0.4, -0.2) is 27.1 Å². The van der Waals surface area contributed by atoms with Crippen molar-refractivity contribution in [3.05, 3.63) is 23.5 Å². The molecule has 82 valence electrons. The van der Waals surface area contributed by atoms with E-state index in [2.05, 4.69) is 10.6 Å². The smallest absolute Gasteiger partial charge is 0.251 e. The second-order valence-electron chi connectivity index (χ2n) is 2.87. The molecule has 0 saturated heterocycles. The van der Waals surface area contributed by atoms with Crippen molar-refractivity contribution < 1.29 is 13.9 Å². The average molecular weight is 212 g/mol. The Labute approximate surface area is 87.4 Å². The molecule has 0 fully saturated rings. The van der Waals surface area contributed by atoms with E-state index < -0.39 is 5.82 Å². The minimum absolute atomic E-state index is 0.102. The Balaban J connectivity index is 3.25. The Bertz CT molecular complexity index is 380. The zero-order valence-corrected chi connectivity index (χ0v) is 8.85. The van der Waals surface area contributed by atoms with E-state index in [9.17, 15) is 9.18 Å². The number of nitrogens with one attached hydrogen (secondary N) is 2. The molecule has 0 aromatic heterocycles. The topological polar surface area (TPSA) is 50.4 Å². The summed E-state index contributed by atoms with van der Waals surface area (Å²) in [6.07, 6.45) is 0. The van der Waals surface area contributed by atoms with Crippen molar-refractivity contribution in [1.82, 2.24) is 5.32 Å². The normalized spacial score (nSPS) is 9.60. The van der Waals surface area contributed by atoms with Crippen molar-refractivity contribution in [3.8, 4) is 5.75 Å². The van der Waals surface area contributed by atoms with Crippen LogP contribution in [0, 0.1) is 5.82 Å². The number of rotatable bonds is 3. The highest BCUT2D eigenvalue weighted by molar-refractivity contribution is 5.95. The lowest BCUT2D eigenvalue weighted by molar-refractivity contribution is 0.0962. The first kappa shape index (κ1) is 11.3. The van der Waals surface area contributed by atoms with Gasteiger partial charge in [-0.25, -0.2) is 4.39 Å². The number of anilines is 1. The number of ether oxygens (including phenoxy) is 1. The molecule has 0 atom stereocenters. The van der Waals surface area contributed by atoms with Gasteiger partial charge in [0.2, 0.25) is 0 Å². The number of carbonyl (C=O) groups excluding carboxylic acids is 1. The van der Waals surface area contributed by atoms with Crippen molar-refractivity contribution in [2.75, 3.05) is 26.5 Å². The predicted octanol–water partition coefficient (Wildman–Crippen LogP) is 1.24. The highest BCUT2D eigenvalue weighted by atomic mass is 19.1. The maximum absolute atomic E-state index is 13.4. The Morgan fingerprint density at radius 3 is 2.53 bits per heavy atom. The first-order chi connectivity index (χ1) is 7.13. The van der Waals surface area contributed by atoms with Crippen LogP contribution in [0.15, 0.2) is 12.1 Å². The molecule has 0 aliphatic carbocycles. The van der Waals surface area contributed by atoms with Crippen LogP contribution >= 0.6 is 0 Å². The van der Waals surface area contributed by atoms with Gasteiger partial charge in [0.05, 0.1) is 12.8 Å². The van der Waals surface area contributed by atoms with Crippen LogP contribution in [0.2, 0.25) is 0 Å². The van der Waals surface area contributed by atoms with Crippen molar-refractivity contribution in [3.63, 3.8) is 0 Å². The molecule has 0 radical (unpaired) electrons. The summed E-state index contributed by atoms with van der Waals surface area (Å²) in [5.41, 5.74) is 0.691. The fourth-order valence-electron chi connectivity index (χ4n) is 1.26. The van der Waals surface area contributed by atoms with Crippen molar-refractivity contribution in [1.29, 1.82) is 0 Å². The van der Waals surface area contributed by atoms with E-state index in [1.54, 1.807) is 7.05 Å². The Kier molecular flexibility index (Phi) is 3.49. The van der Waals surface area contributed by atoms with Crippen molar-refractivity contribution >= 4 is 11.6 Å². The van der Waals surface area contributed by atoms with Gasteiger partial charge in [0.25, 0.3) is 5.91 Å². The van der Waals surface area contributed by atoms with E-state index in [1.807, 2.05) is 0 Å². The van der Waals surface area contributed by atoms with Gasteiger partial charge in [-0.05, 0) is 12.1 Å². The monoisotopic (exact) mass is 212 g/mol. The molecular weight excluding hydrogens is 199 g/mol. The molecule has 5 heteroatoms. The minimum atomic E-state index is -0.567. The summed E-state index contributed by atoms with van der Waals surface area (Å²) >= 11 is 0. The summed E-state index contributed by atoms with van der Waals surface area (Å²) in [6, 6.07) is 2.67. The molecule has 0 spiro atoms. The number of hydrogen-bond donors (Lipinski definition) is 2. The lowest BCUT2D eigenvalue weighted by atomic mass is 10.1. The largest absolute Gasteiger partial charge is 0.492 e. The van der Waals surface area contributed by atoms with Gasteiger partial charge in [0.1, 0.15) is 0 Å². The number of halogens is 1. The molecule has 15 heavy (non-hydrogen) atoms. The third-order valence-electron chi connectivity index (χ3n) is 2.01. The van der Waals surface area contributed by atoms with Gasteiger partial charge < -0.3 is 15.4 Å². The molecule has 0 aliphatic rings. The van der Waals surface area contributed by atoms with Crippen LogP contribution in [0.1, 0.15) is 10.4 Å². The molecule has 0 bridgehead atoms. The van der Waals surface area contributed by atoms with E-state index in [1.165, 1.54) is 20.2 Å². The van der Waals surface area contributed by atoms with E-state index in [0.29, 0.717) is 5.69 Å². The molecule has 1 aromatic carbocycles. The van der Waals surface area contributed by atoms with E-state index >= 15 is 0 Å². The summed E-state index contributed by atoms with van der Waals surface area (Å²) in [5, 5.41) is 5.18. The van der Waals surface area contributed by atoms with Gasteiger partial charge >= 0.3 is 0 Å². The minimum Gasteiger partial charge on any atom is -0.492 e. The first-order valence-electron chi connectivity index (χ1n) is 4.41. The highest BCUT2D eigenvalue weighted by Crippen LogP contribution is 2.28. The van der Waals surface area contributed by atoms with Crippen LogP contribution in [-0.2, 0) is 0 Å². The van der Waals surface area contributed by atoms with E-state index in [-0.39, 0.29) is 17.2 Å². The quantitative estimate of drug-likeness (QED) is 0.792. The van der Waals surface area contributed by atoms with E-state index in [4.69, 9.17) is 4.74 Å². The lowest BCUT2D eigenvalue weighted by Crippen LogP contribution is -2.18. The van der Waals surface area contributed by atoms with Crippen LogP contribution in [0.25, 0.3) is 0 Å². The third-order valence-corrected chi connectivity index (χ3v) is 2.01. The van der Waals surface area contributed by atoms with Crippen LogP contribution in [0.3, 0.4) is 0 Å². The van der Waals surface area contributed by atoms with Gasteiger partial charge in [0.15, 0.2) is 11.6 Å². The molecule has 4 nitrogen and oxygen atoms in total. The summed E-state index contributed by atoms with van der Waals surface area (Å²) in [6.45, 7) is 0. The Morgan fingerprint density at radius 1 is 1.40 bits per heavy atom. The molecule has 0 aliphatic heterocycles. The summed E-state index contributed by atoms with van der Waals surface area (Å²) in [7, 11) is 4.49. The standard InChI is InChI=1S/C10H13FN2O2/c1-12-8-5-6(10(14)13-2)4-7(11)9(8)15-3/h4-5,12H,1-3H3,(H,13,14). The van der Waals surface area contributed by atoms with Gasteiger partial charge in [-0.1, -0.05) is 0 Å². The van der Waals surface area contributed by atoms with Gasteiger partial charge in [-0.3, -0.25) is 4.79 Å². The number of carbonyl (C=O) groups is 1. The number of methoxy groups -OCH3 is 1. The van der Waals surface area contributed by atoms with Gasteiger partial charge in [0, 0.05) is 19.7 Å². The molecule has 0 unspecified atom stereocenters. The number of hydrogen-bond acceptors (Lipinski definition) is 3. The van der Waals surface area contributed by atoms with Crippen LogP contribution < -0.4 is 15.4 Å². The fourth-order valence-corrected chi connectivity index (χ4v) is 1.26. The molecule has 2 N–H and O–H groups in total. The Morgan fingerprint density at radius 2 is 2.07 bits per heavy atom. The Hall–Kier alpha value is -1.78.